The van der Waals surface area contributed by atoms with E-state index in [-0.39, 0.29) is 0 Å². The standard InChI is InChI=1S/C83H53N5S2/c1-49-27-42-71-63(45-49)58-15-4-9-21-68(58)86(71)55-36-30-52(31-37-55)77-66(48-84)82(83-85-67-20-8-13-25-75(67)90-83)79(54-34-40-57(41-35-54)88-70-23-11-6-17-60(70)65-47-51(3)29-44-73(65)88)78(81(77)62-19-14-26-76-80(62)61-18-7-12-24-74(61)89-76)53-32-38-56(39-33-53)87-69-22-10-5-16-59(69)64-46-50(2)28-43-72(64)87/h4-47H,1-3H3. The maximum atomic E-state index is 12.6. The molecule has 0 aliphatic heterocycles. The minimum Gasteiger partial charge on any atom is -0.309 e. The van der Waals surface area contributed by atoms with Gasteiger partial charge in [0, 0.05) is 86.2 Å². The van der Waals surface area contributed by atoms with E-state index in [1.165, 1.54) is 63.8 Å². The van der Waals surface area contributed by atoms with Crippen LogP contribution in [-0.4, -0.2) is 18.7 Å². The van der Waals surface area contributed by atoms with Crippen molar-refractivity contribution in [3.63, 3.8) is 0 Å². The summed E-state index contributed by atoms with van der Waals surface area (Å²) in [5.74, 6) is 0. The molecule has 0 unspecified atom stereocenters. The molecule has 422 valence electrons. The predicted molar refractivity (Wildman–Crippen MR) is 382 cm³/mol. The fraction of sp³-hybridized carbons (Fsp3) is 0.0361. The van der Waals surface area contributed by atoms with Crippen molar-refractivity contribution in [3.05, 3.63) is 289 Å². The molecule has 18 rings (SSSR count). The Morgan fingerprint density at radius 3 is 1.20 bits per heavy atom. The maximum absolute atomic E-state index is 12.6. The van der Waals surface area contributed by atoms with Gasteiger partial charge in [0.15, 0.2) is 0 Å². The summed E-state index contributed by atoms with van der Waals surface area (Å²) < 4.78 is 10.6. The third-order valence-electron chi connectivity index (χ3n) is 18.5. The first-order valence-corrected chi connectivity index (χ1v) is 32.2. The van der Waals surface area contributed by atoms with E-state index in [1.807, 2.05) is 11.3 Å². The minimum absolute atomic E-state index is 0.568. The lowest BCUT2D eigenvalue weighted by atomic mass is 9.76. The van der Waals surface area contributed by atoms with Crippen LogP contribution in [0.4, 0.5) is 0 Å². The second kappa shape index (κ2) is 20.2. The monoisotopic (exact) mass is 1180 g/mol. The first-order valence-electron chi connectivity index (χ1n) is 30.6. The molecule has 0 saturated heterocycles. The van der Waals surface area contributed by atoms with Crippen LogP contribution in [0.3, 0.4) is 0 Å². The van der Waals surface area contributed by atoms with E-state index >= 15 is 0 Å². The number of aromatic nitrogens is 4. The summed E-state index contributed by atoms with van der Waals surface area (Å²) >= 11 is 3.46. The smallest absolute Gasteiger partial charge is 0.126 e. The van der Waals surface area contributed by atoms with Crippen molar-refractivity contribution < 1.29 is 0 Å². The zero-order chi connectivity index (χ0) is 59.9. The minimum atomic E-state index is 0.568. The molecule has 7 heteroatoms. The largest absolute Gasteiger partial charge is 0.309 e. The van der Waals surface area contributed by atoms with E-state index in [0.29, 0.717) is 5.56 Å². The van der Waals surface area contributed by atoms with Crippen molar-refractivity contribution in [1.82, 2.24) is 18.7 Å². The van der Waals surface area contributed by atoms with E-state index in [1.54, 1.807) is 11.3 Å². The lowest BCUT2D eigenvalue weighted by molar-refractivity contribution is 1.18. The Kier molecular flexibility index (Phi) is 11.7. The Labute approximate surface area is 527 Å². The van der Waals surface area contributed by atoms with Gasteiger partial charge in [-0.05, 0) is 169 Å². The van der Waals surface area contributed by atoms with Gasteiger partial charge >= 0.3 is 0 Å². The number of fused-ring (bicyclic) bond motifs is 13. The van der Waals surface area contributed by atoms with E-state index in [2.05, 4.69) is 307 Å². The molecule has 0 radical (unpaired) electrons. The van der Waals surface area contributed by atoms with Crippen molar-refractivity contribution in [1.29, 1.82) is 5.26 Å². The number of para-hydroxylation sites is 4. The van der Waals surface area contributed by atoms with Gasteiger partial charge in [-0.25, -0.2) is 4.98 Å². The number of nitrogens with zero attached hydrogens (tertiary/aromatic N) is 5. The lowest BCUT2D eigenvalue weighted by Gasteiger charge is -2.26. The predicted octanol–water partition coefficient (Wildman–Crippen LogP) is 23.1. The van der Waals surface area contributed by atoms with Crippen LogP contribution < -0.4 is 0 Å². The van der Waals surface area contributed by atoms with Crippen LogP contribution in [0.2, 0.25) is 0 Å². The molecule has 0 atom stereocenters. The molecular formula is C83H53N5S2. The second-order valence-corrected chi connectivity index (χ2v) is 26.0. The van der Waals surface area contributed by atoms with Crippen LogP contribution >= 0.6 is 22.7 Å². The van der Waals surface area contributed by atoms with Gasteiger partial charge in [-0.2, -0.15) is 5.26 Å². The van der Waals surface area contributed by atoms with Crippen molar-refractivity contribution in [3.8, 4) is 78.2 Å². The molecule has 0 spiro atoms. The molecule has 0 amide bonds. The van der Waals surface area contributed by atoms with Gasteiger partial charge in [-0.15, -0.1) is 22.7 Å². The van der Waals surface area contributed by atoms with Crippen LogP contribution in [0.15, 0.2) is 267 Å². The molecule has 0 aliphatic carbocycles. The van der Waals surface area contributed by atoms with E-state index in [0.717, 1.165) is 121 Å². The Hall–Kier alpha value is -11.1. The highest BCUT2D eigenvalue weighted by atomic mass is 32.1. The highest BCUT2D eigenvalue weighted by molar-refractivity contribution is 7.26. The summed E-state index contributed by atoms with van der Waals surface area (Å²) in [5.41, 5.74) is 23.8. The van der Waals surface area contributed by atoms with Crippen LogP contribution in [-0.2, 0) is 0 Å². The molecule has 0 bridgehead atoms. The average Bonchev–Trinajstić information content (AvgIpc) is 0.945. The van der Waals surface area contributed by atoms with Crippen molar-refractivity contribution >= 4 is 118 Å². The number of hydrogen-bond acceptors (Lipinski definition) is 4. The molecule has 0 fully saturated rings. The first-order chi connectivity index (χ1) is 44.3. The molecule has 90 heavy (non-hydrogen) atoms. The number of thiazole rings is 1. The highest BCUT2D eigenvalue weighted by Gasteiger charge is 2.32. The normalized spacial score (nSPS) is 11.9. The fourth-order valence-electron chi connectivity index (χ4n) is 14.6. The van der Waals surface area contributed by atoms with Crippen LogP contribution in [0.5, 0.6) is 0 Å². The molecule has 13 aromatic carbocycles. The fourth-order valence-corrected chi connectivity index (χ4v) is 16.8. The topological polar surface area (TPSA) is 51.5 Å². The zero-order valence-corrected chi connectivity index (χ0v) is 51.1. The number of aryl methyl sites for hydroxylation is 3. The van der Waals surface area contributed by atoms with Gasteiger partial charge in [0.2, 0.25) is 0 Å². The summed E-state index contributed by atoms with van der Waals surface area (Å²) in [7, 11) is 0. The SMILES string of the molecule is Cc1ccc2c(c1)c1ccccc1n2-c1ccc(-c2c(C#N)c(-c3nc4ccccc4s3)c(-c3ccc(-n4c5ccccc5c5cc(C)ccc54)cc3)c(-c3ccc(-n4c5ccccc5c5cc(C)ccc54)cc3)c2-c2cccc3sc4ccccc4c23)cc1. The van der Waals surface area contributed by atoms with E-state index in [9.17, 15) is 5.26 Å². The number of nitriles is 1. The summed E-state index contributed by atoms with van der Waals surface area (Å²) in [6.07, 6.45) is 0. The number of benzene rings is 13. The van der Waals surface area contributed by atoms with Crippen molar-refractivity contribution in [2.75, 3.05) is 0 Å². The summed E-state index contributed by atoms with van der Waals surface area (Å²) in [4.78, 5) is 5.55. The zero-order valence-electron chi connectivity index (χ0n) is 49.5. The Morgan fingerprint density at radius 2 is 0.722 bits per heavy atom. The molecule has 5 nitrogen and oxygen atoms in total. The number of thiophene rings is 1. The third kappa shape index (κ3) is 7.88. The van der Waals surface area contributed by atoms with Crippen molar-refractivity contribution in [2.24, 2.45) is 0 Å². The van der Waals surface area contributed by atoms with E-state index in [4.69, 9.17) is 4.98 Å². The molecule has 0 N–H and O–H groups in total. The number of hydrogen-bond donors (Lipinski definition) is 0. The van der Waals surface area contributed by atoms with Gasteiger partial charge in [-0.3, -0.25) is 0 Å². The Balaban J connectivity index is 0.975. The summed E-state index contributed by atoms with van der Waals surface area (Å²) in [6, 6.07) is 101. The number of rotatable bonds is 8. The van der Waals surface area contributed by atoms with Crippen LogP contribution in [0.25, 0.3) is 168 Å². The second-order valence-electron chi connectivity index (χ2n) is 23.9. The molecule has 5 aromatic heterocycles. The quantitative estimate of drug-likeness (QED) is 0.152. The third-order valence-corrected chi connectivity index (χ3v) is 20.7. The molecule has 0 aliphatic rings. The molecular weight excluding hydrogens is 1130 g/mol. The highest BCUT2D eigenvalue weighted by Crippen LogP contribution is 2.56. The Bertz CT molecular complexity index is 6030. The Morgan fingerprint density at radius 1 is 0.322 bits per heavy atom. The van der Waals surface area contributed by atoms with Crippen LogP contribution in [0, 0.1) is 32.1 Å². The van der Waals surface area contributed by atoms with Gasteiger partial charge in [-0.1, -0.05) is 168 Å². The van der Waals surface area contributed by atoms with Gasteiger partial charge in [0.1, 0.15) is 11.1 Å². The van der Waals surface area contributed by atoms with Gasteiger partial charge < -0.3 is 13.7 Å². The molecule has 18 aromatic rings. The average molecular weight is 1180 g/mol. The van der Waals surface area contributed by atoms with Crippen LogP contribution in [0.1, 0.15) is 22.3 Å². The van der Waals surface area contributed by atoms with Crippen molar-refractivity contribution in [2.45, 2.75) is 20.8 Å². The maximum Gasteiger partial charge on any atom is 0.126 e. The molecule has 5 heterocycles. The molecule has 0 saturated carbocycles. The van der Waals surface area contributed by atoms with E-state index < -0.39 is 0 Å². The summed E-state index contributed by atoms with van der Waals surface area (Å²) in [6.45, 7) is 6.50. The van der Waals surface area contributed by atoms with Gasteiger partial charge in [0.05, 0.1) is 48.9 Å². The van der Waals surface area contributed by atoms with Gasteiger partial charge in [0.25, 0.3) is 0 Å². The first kappa shape index (κ1) is 52.0. The summed E-state index contributed by atoms with van der Waals surface area (Å²) in [5, 5.41) is 23.0. The lowest BCUT2D eigenvalue weighted by Crippen LogP contribution is -2.03.